The maximum atomic E-state index is 2.44. The lowest BCUT2D eigenvalue weighted by atomic mass is 9.91. The molecule has 0 heterocycles. The predicted molar refractivity (Wildman–Crippen MR) is 85.9 cm³/mol. The fourth-order valence-electron chi connectivity index (χ4n) is 2.38. The lowest BCUT2D eigenvalue weighted by Gasteiger charge is -2.24. The van der Waals surface area contributed by atoms with Crippen LogP contribution < -0.4 is 0 Å². The van der Waals surface area contributed by atoms with Gasteiger partial charge in [-0.2, -0.15) is 0 Å². The molecule has 0 saturated heterocycles. The Morgan fingerprint density at radius 2 is 1.47 bits per heavy atom. The molecule has 0 aliphatic rings. The molecule has 108 valence electrons. The normalized spacial score (nSPS) is 13.5. The number of nitrogens with zero attached hydrogens (tertiary/aromatic N) is 1. The Balaban J connectivity index is 2.64. The van der Waals surface area contributed by atoms with Crippen LogP contribution in [0.1, 0.15) is 70.4 Å². The van der Waals surface area contributed by atoms with Crippen LogP contribution in [0.4, 0.5) is 0 Å². The fourth-order valence-corrected chi connectivity index (χ4v) is 2.38. The van der Waals surface area contributed by atoms with E-state index in [2.05, 4.69) is 70.8 Å². The predicted octanol–water partition coefficient (Wildman–Crippen LogP) is 5.03. The summed E-state index contributed by atoms with van der Waals surface area (Å²) in [5.41, 5.74) is 2.95. The monoisotopic (exact) mass is 261 g/mol. The minimum atomic E-state index is 0.626. The summed E-state index contributed by atoms with van der Waals surface area (Å²) in [7, 11) is 2.22. The smallest absolute Gasteiger partial charge is 0.00355 e. The van der Waals surface area contributed by atoms with Gasteiger partial charge in [0.15, 0.2) is 0 Å². The van der Waals surface area contributed by atoms with E-state index >= 15 is 0 Å². The lowest BCUT2D eigenvalue weighted by Crippen LogP contribution is -2.28. The van der Waals surface area contributed by atoms with Gasteiger partial charge in [0.05, 0.1) is 0 Å². The van der Waals surface area contributed by atoms with E-state index in [0.717, 1.165) is 0 Å². The summed E-state index contributed by atoms with van der Waals surface area (Å²) in [6.07, 6.45) is 2.49. The molecule has 1 nitrogen and oxygen atoms in total. The third-order valence-corrected chi connectivity index (χ3v) is 4.28. The summed E-state index contributed by atoms with van der Waals surface area (Å²) in [6.45, 7) is 12.5. The van der Waals surface area contributed by atoms with Gasteiger partial charge in [-0.1, -0.05) is 45.0 Å². The zero-order valence-corrected chi connectivity index (χ0v) is 13.6. The van der Waals surface area contributed by atoms with Crippen LogP contribution in [0.5, 0.6) is 0 Å². The standard InChI is InChI=1S/C18H31N/c1-7-16(12-13-19(6)15(4)5)18-10-8-17(9-11-18)14(2)3/h8-11,14-16H,7,12-13H2,1-6H3. The molecule has 0 aromatic heterocycles. The number of hydrogen-bond acceptors (Lipinski definition) is 1. The number of hydrogen-bond donors (Lipinski definition) is 0. The molecular weight excluding hydrogens is 230 g/mol. The second-order valence-electron chi connectivity index (χ2n) is 6.29. The Labute approximate surface area is 120 Å². The average Bonchev–Trinajstić information content (AvgIpc) is 2.39. The molecule has 0 fully saturated rings. The molecule has 1 atom stereocenters. The molecule has 0 aliphatic heterocycles. The van der Waals surface area contributed by atoms with Crippen molar-refractivity contribution in [3.8, 4) is 0 Å². The summed E-state index contributed by atoms with van der Waals surface area (Å²) in [5, 5.41) is 0. The van der Waals surface area contributed by atoms with Crippen molar-refractivity contribution in [2.24, 2.45) is 0 Å². The van der Waals surface area contributed by atoms with Gasteiger partial charge in [0, 0.05) is 6.04 Å². The lowest BCUT2D eigenvalue weighted by molar-refractivity contribution is 0.262. The van der Waals surface area contributed by atoms with E-state index in [4.69, 9.17) is 0 Å². The summed E-state index contributed by atoms with van der Waals surface area (Å²) < 4.78 is 0. The number of rotatable bonds is 7. The summed E-state index contributed by atoms with van der Waals surface area (Å²) in [4.78, 5) is 2.44. The van der Waals surface area contributed by atoms with Crippen LogP contribution in [-0.4, -0.2) is 24.5 Å². The van der Waals surface area contributed by atoms with Gasteiger partial charge in [-0.15, -0.1) is 0 Å². The third-order valence-electron chi connectivity index (χ3n) is 4.28. The van der Waals surface area contributed by atoms with E-state index in [0.29, 0.717) is 17.9 Å². The van der Waals surface area contributed by atoms with Gasteiger partial charge in [-0.05, 0) is 63.2 Å². The molecule has 1 heteroatoms. The van der Waals surface area contributed by atoms with Gasteiger partial charge >= 0.3 is 0 Å². The van der Waals surface area contributed by atoms with Gasteiger partial charge in [-0.25, -0.2) is 0 Å². The first-order valence-corrected chi connectivity index (χ1v) is 7.75. The molecule has 0 bridgehead atoms. The minimum absolute atomic E-state index is 0.626. The highest BCUT2D eigenvalue weighted by molar-refractivity contribution is 5.27. The van der Waals surface area contributed by atoms with Crippen LogP contribution in [0, 0.1) is 0 Å². The van der Waals surface area contributed by atoms with Gasteiger partial charge in [0.2, 0.25) is 0 Å². The molecule has 1 rings (SSSR count). The zero-order chi connectivity index (χ0) is 14.4. The average molecular weight is 261 g/mol. The molecule has 0 aliphatic carbocycles. The summed E-state index contributed by atoms with van der Waals surface area (Å²) >= 11 is 0. The second kappa shape index (κ2) is 7.69. The SMILES string of the molecule is CCC(CCN(C)C(C)C)c1ccc(C(C)C)cc1. The first-order chi connectivity index (χ1) is 8.95. The van der Waals surface area contributed by atoms with Crippen LogP contribution in [0.15, 0.2) is 24.3 Å². The summed E-state index contributed by atoms with van der Waals surface area (Å²) in [6, 6.07) is 9.90. The van der Waals surface area contributed by atoms with Crippen molar-refractivity contribution in [1.29, 1.82) is 0 Å². The van der Waals surface area contributed by atoms with Gasteiger partial charge in [-0.3, -0.25) is 0 Å². The Bertz CT molecular complexity index is 350. The summed E-state index contributed by atoms with van der Waals surface area (Å²) in [5.74, 6) is 1.32. The van der Waals surface area contributed by atoms with Crippen LogP contribution in [0.2, 0.25) is 0 Å². The van der Waals surface area contributed by atoms with Crippen LogP contribution in [0.25, 0.3) is 0 Å². The Morgan fingerprint density at radius 3 is 1.89 bits per heavy atom. The fraction of sp³-hybridized carbons (Fsp3) is 0.667. The molecule has 0 saturated carbocycles. The highest BCUT2D eigenvalue weighted by atomic mass is 15.1. The molecule has 1 unspecified atom stereocenters. The molecule has 1 aromatic carbocycles. The third kappa shape index (κ3) is 4.99. The van der Waals surface area contributed by atoms with Gasteiger partial charge < -0.3 is 4.90 Å². The van der Waals surface area contributed by atoms with Crippen molar-refractivity contribution in [3.63, 3.8) is 0 Å². The largest absolute Gasteiger partial charge is 0.304 e. The van der Waals surface area contributed by atoms with Crippen molar-refractivity contribution in [2.75, 3.05) is 13.6 Å². The van der Waals surface area contributed by atoms with E-state index in [1.807, 2.05) is 0 Å². The van der Waals surface area contributed by atoms with E-state index in [-0.39, 0.29) is 0 Å². The highest BCUT2D eigenvalue weighted by Crippen LogP contribution is 2.25. The Morgan fingerprint density at radius 1 is 0.947 bits per heavy atom. The molecule has 19 heavy (non-hydrogen) atoms. The first kappa shape index (κ1) is 16.2. The molecule has 0 radical (unpaired) electrons. The quantitative estimate of drug-likeness (QED) is 0.665. The topological polar surface area (TPSA) is 3.24 Å². The molecular formula is C18H31N. The molecule has 1 aromatic rings. The molecule has 0 amide bonds. The Hall–Kier alpha value is -0.820. The molecule has 0 spiro atoms. The van der Waals surface area contributed by atoms with Crippen molar-refractivity contribution in [2.45, 2.75) is 65.3 Å². The van der Waals surface area contributed by atoms with E-state index in [9.17, 15) is 0 Å². The zero-order valence-electron chi connectivity index (χ0n) is 13.6. The van der Waals surface area contributed by atoms with Crippen LogP contribution in [-0.2, 0) is 0 Å². The van der Waals surface area contributed by atoms with Crippen LogP contribution in [0.3, 0.4) is 0 Å². The van der Waals surface area contributed by atoms with Gasteiger partial charge in [0.1, 0.15) is 0 Å². The highest BCUT2D eigenvalue weighted by Gasteiger charge is 2.12. The van der Waals surface area contributed by atoms with Crippen molar-refractivity contribution < 1.29 is 0 Å². The van der Waals surface area contributed by atoms with E-state index in [1.54, 1.807) is 0 Å². The molecule has 0 N–H and O–H groups in total. The maximum absolute atomic E-state index is 2.44. The first-order valence-electron chi connectivity index (χ1n) is 7.75. The maximum Gasteiger partial charge on any atom is 0.00355 e. The van der Waals surface area contributed by atoms with E-state index in [1.165, 1.54) is 30.5 Å². The van der Waals surface area contributed by atoms with E-state index < -0.39 is 0 Å². The second-order valence-corrected chi connectivity index (χ2v) is 6.29. The Kier molecular flexibility index (Phi) is 6.57. The van der Waals surface area contributed by atoms with Crippen molar-refractivity contribution in [1.82, 2.24) is 4.90 Å². The van der Waals surface area contributed by atoms with Crippen molar-refractivity contribution in [3.05, 3.63) is 35.4 Å². The minimum Gasteiger partial charge on any atom is -0.304 e. The number of benzene rings is 1. The van der Waals surface area contributed by atoms with Crippen molar-refractivity contribution >= 4 is 0 Å². The van der Waals surface area contributed by atoms with Crippen LogP contribution >= 0.6 is 0 Å². The van der Waals surface area contributed by atoms with Gasteiger partial charge in [0.25, 0.3) is 0 Å².